The Hall–Kier alpha value is -3.27. The molecule has 1 atom stereocenters. The molecule has 0 spiro atoms. The molecule has 0 aliphatic carbocycles. The van der Waals surface area contributed by atoms with Crippen LogP contribution >= 0.6 is 11.6 Å². The average Bonchev–Trinajstić information content (AvgIpc) is 2.69. The van der Waals surface area contributed by atoms with Crippen LogP contribution < -0.4 is 15.8 Å². The van der Waals surface area contributed by atoms with Crippen molar-refractivity contribution in [1.82, 2.24) is 9.97 Å². The molecule has 1 unspecified atom stereocenters. The van der Waals surface area contributed by atoms with E-state index in [2.05, 4.69) is 25.0 Å². The van der Waals surface area contributed by atoms with Crippen LogP contribution in [0.1, 0.15) is 23.0 Å². The Morgan fingerprint density at radius 2 is 2.14 bits per heavy atom. The maximum atomic E-state index is 14.0. The van der Waals surface area contributed by atoms with Gasteiger partial charge in [0, 0.05) is 16.3 Å². The Morgan fingerprint density at radius 1 is 1.34 bits per heavy atom. The van der Waals surface area contributed by atoms with Crippen LogP contribution in [0, 0.1) is 0 Å². The van der Waals surface area contributed by atoms with Crippen molar-refractivity contribution in [1.29, 1.82) is 0 Å². The minimum Gasteiger partial charge on any atom is -0.445 e. The summed E-state index contributed by atoms with van der Waals surface area (Å²) in [6.07, 6.45) is 3.72. The van der Waals surface area contributed by atoms with Gasteiger partial charge in [-0.15, -0.1) is 0 Å². The van der Waals surface area contributed by atoms with Crippen molar-refractivity contribution in [3.8, 4) is 5.88 Å². The maximum Gasteiger partial charge on any atom is 0.288 e. The molecule has 0 radical (unpaired) electrons. The molecule has 29 heavy (non-hydrogen) atoms. The quantitative estimate of drug-likeness (QED) is 0.738. The zero-order valence-electron chi connectivity index (χ0n) is 15.2. The maximum absolute atomic E-state index is 14.0. The highest BCUT2D eigenvalue weighted by atomic mass is 35.5. The Morgan fingerprint density at radius 3 is 2.76 bits per heavy atom. The number of carbonyl (C=O) groups excluding carboxylic acids is 1. The molecule has 1 aromatic carbocycles. The molecule has 0 fully saturated rings. The van der Waals surface area contributed by atoms with Crippen LogP contribution in [-0.2, 0) is 10.3 Å². The molecule has 2 aromatic rings. The van der Waals surface area contributed by atoms with Gasteiger partial charge < -0.3 is 20.5 Å². The number of ether oxygens (including phenoxy) is 2. The highest BCUT2D eigenvalue weighted by molar-refractivity contribution is 6.31. The van der Waals surface area contributed by atoms with E-state index in [1.54, 1.807) is 6.92 Å². The molecule has 0 saturated heterocycles. The number of anilines is 1. The number of hydrogen-bond acceptors (Lipinski definition) is 7. The van der Waals surface area contributed by atoms with Gasteiger partial charge in [0.25, 0.3) is 11.9 Å². The van der Waals surface area contributed by atoms with Gasteiger partial charge in [0.1, 0.15) is 23.7 Å². The minimum absolute atomic E-state index is 0.0306. The molecule has 1 aromatic heterocycles. The second kappa shape index (κ2) is 8.39. The molecular weight excluding hydrogens is 408 g/mol. The summed E-state index contributed by atoms with van der Waals surface area (Å²) in [7, 11) is 0. The number of rotatable bonds is 6. The number of aliphatic imine (C=N–C) groups is 1. The molecule has 3 rings (SSSR count). The van der Waals surface area contributed by atoms with Crippen molar-refractivity contribution in [3.05, 3.63) is 58.7 Å². The van der Waals surface area contributed by atoms with Crippen molar-refractivity contribution in [2.45, 2.75) is 12.5 Å². The lowest BCUT2D eigenvalue weighted by Crippen LogP contribution is -2.33. The predicted molar refractivity (Wildman–Crippen MR) is 102 cm³/mol. The molecular formula is C18H16ClF2N5O3. The first-order chi connectivity index (χ1) is 13.9. The number of nitrogens with zero attached hydrogens (tertiary/aromatic N) is 3. The van der Waals surface area contributed by atoms with E-state index in [1.165, 1.54) is 24.3 Å². The molecule has 0 bridgehead atoms. The number of alkyl halides is 2. The predicted octanol–water partition coefficient (Wildman–Crippen LogP) is 3.10. The molecule has 2 heterocycles. The number of amides is 1. The first-order valence-electron chi connectivity index (χ1n) is 8.27. The zero-order valence-corrected chi connectivity index (χ0v) is 15.9. The molecule has 1 aliphatic rings. The third kappa shape index (κ3) is 4.43. The summed E-state index contributed by atoms with van der Waals surface area (Å²) >= 11 is 6.27. The third-order valence-electron chi connectivity index (χ3n) is 3.97. The number of amidine groups is 1. The topological polar surface area (TPSA) is 112 Å². The molecule has 11 heteroatoms. The highest BCUT2D eigenvalue weighted by Crippen LogP contribution is 2.38. The van der Waals surface area contributed by atoms with Crippen LogP contribution in [0.15, 0.2) is 47.4 Å². The summed E-state index contributed by atoms with van der Waals surface area (Å²) in [5.41, 5.74) is 4.76. The van der Waals surface area contributed by atoms with E-state index in [1.807, 2.05) is 0 Å². The fraction of sp³-hybridized carbons (Fsp3) is 0.222. The first-order valence-corrected chi connectivity index (χ1v) is 8.65. The Kier molecular flexibility index (Phi) is 5.92. The van der Waals surface area contributed by atoms with Crippen LogP contribution in [0.25, 0.3) is 0 Å². The molecule has 1 amide bonds. The molecule has 0 saturated carbocycles. The summed E-state index contributed by atoms with van der Waals surface area (Å²) in [6, 6.07) is 4.32. The molecule has 152 valence electrons. The third-order valence-corrected chi connectivity index (χ3v) is 4.30. The Bertz CT molecular complexity index is 964. The lowest BCUT2D eigenvalue weighted by Gasteiger charge is -2.29. The number of nitrogens with two attached hydrogens (primary N) is 1. The molecule has 3 N–H and O–H groups in total. The lowest BCUT2D eigenvalue weighted by atomic mass is 9.90. The van der Waals surface area contributed by atoms with Gasteiger partial charge in [0.15, 0.2) is 0 Å². The van der Waals surface area contributed by atoms with E-state index in [9.17, 15) is 13.6 Å². The number of hydrogen-bond donors (Lipinski definition) is 2. The molecule has 8 nitrogen and oxygen atoms in total. The second-order valence-corrected chi connectivity index (χ2v) is 6.41. The van der Waals surface area contributed by atoms with Crippen molar-refractivity contribution in [2.75, 3.05) is 18.9 Å². The SMILES string of the molecule is CC1=CC(CF)(c2cc(NC(=O)c3cnc(OCF)cn3)ccc2Cl)N=C(N)O1. The van der Waals surface area contributed by atoms with E-state index in [0.29, 0.717) is 17.0 Å². The molecule has 1 aliphatic heterocycles. The van der Waals surface area contributed by atoms with Gasteiger partial charge in [-0.2, -0.15) is 0 Å². The van der Waals surface area contributed by atoms with Crippen molar-refractivity contribution >= 4 is 29.2 Å². The summed E-state index contributed by atoms with van der Waals surface area (Å²) < 4.78 is 35.8. The van der Waals surface area contributed by atoms with Gasteiger partial charge in [0.2, 0.25) is 12.7 Å². The summed E-state index contributed by atoms with van der Waals surface area (Å²) in [4.78, 5) is 24.1. The normalized spacial score (nSPS) is 18.3. The van der Waals surface area contributed by atoms with Crippen LogP contribution in [0.3, 0.4) is 0 Å². The lowest BCUT2D eigenvalue weighted by molar-refractivity contribution is 0.102. The monoisotopic (exact) mass is 423 g/mol. The minimum atomic E-state index is -1.48. The van der Waals surface area contributed by atoms with Crippen LogP contribution in [0.5, 0.6) is 5.88 Å². The summed E-state index contributed by atoms with van der Waals surface area (Å²) in [6.45, 7) is -0.372. The van der Waals surface area contributed by atoms with Gasteiger partial charge in [0.05, 0.1) is 12.4 Å². The average molecular weight is 424 g/mol. The second-order valence-electron chi connectivity index (χ2n) is 6.01. The van der Waals surface area contributed by atoms with Gasteiger partial charge in [-0.3, -0.25) is 4.79 Å². The van der Waals surface area contributed by atoms with Crippen molar-refractivity contribution in [3.63, 3.8) is 0 Å². The summed E-state index contributed by atoms with van der Waals surface area (Å²) in [5, 5.41) is 2.84. The number of benzene rings is 1. The van der Waals surface area contributed by atoms with Crippen molar-refractivity contribution in [2.24, 2.45) is 10.7 Å². The van der Waals surface area contributed by atoms with E-state index < -0.39 is 25.0 Å². The fourth-order valence-electron chi connectivity index (χ4n) is 2.75. The van der Waals surface area contributed by atoms with Crippen LogP contribution in [0.2, 0.25) is 5.02 Å². The Balaban J connectivity index is 1.89. The van der Waals surface area contributed by atoms with Gasteiger partial charge in [-0.05, 0) is 31.2 Å². The summed E-state index contributed by atoms with van der Waals surface area (Å²) in [5.74, 6) is -0.278. The number of aromatic nitrogens is 2. The van der Waals surface area contributed by atoms with E-state index in [4.69, 9.17) is 22.1 Å². The van der Waals surface area contributed by atoms with Gasteiger partial charge in [-0.25, -0.2) is 23.7 Å². The zero-order chi connectivity index (χ0) is 21.0. The number of carbonyl (C=O) groups is 1. The van der Waals surface area contributed by atoms with E-state index in [0.717, 1.165) is 12.4 Å². The van der Waals surface area contributed by atoms with E-state index >= 15 is 0 Å². The number of halogens is 3. The first kappa shape index (κ1) is 20.5. The smallest absolute Gasteiger partial charge is 0.288 e. The highest BCUT2D eigenvalue weighted by Gasteiger charge is 2.36. The Labute approximate surface area is 169 Å². The largest absolute Gasteiger partial charge is 0.445 e. The van der Waals surface area contributed by atoms with Crippen LogP contribution in [0.4, 0.5) is 14.5 Å². The fourth-order valence-corrected chi connectivity index (χ4v) is 3.04. The van der Waals surface area contributed by atoms with Crippen LogP contribution in [-0.4, -0.2) is 35.4 Å². The van der Waals surface area contributed by atoms with E-state index in [-0.39, 0.29) is 22.6 Å². The van der Waals surface area contributed by atoms with Gasteiger partial charge in [-0.1, -0.05) is 11.6 Å². The number of allylic oxidation sites excluding steroid dienone is 1. The number of nitrogens with one attached hydrogen (secondary N) is 1. The van der Waals surface area contributed by atoms with Gasteiger partial charge >= 0.3 is 0 Å². The van der Waals surface area contributed by atoms with Crippen molar-refractivity contribution < 1.29 is 23.0 Å². The standard InChI is InChI=1S/C18H16ClF2N5O3/c1-10-5-18(8-20,26-17(22)29-10)12-4-11(2-3-13(12)19)25-16(27)14-6-24-15(7-23-14)28-9-21/h2-7H,8-9H2,1H3,(H2,22,26)(H,25,27).